The van der Waals surface area contributed by atoms with E-state index in [0.717, 1.165) is 18.8 Å². The predicted octanol–water partition coefficient (Wildman–Crippen LogP) is 2.69. The summed E-state index contributed by atoms with van der Waals surface area (Å²) in [6.45, 7) is 9.90. The molecule has 0 aromatic carbocycles. The van der Waals surface area contributed by atoms with Gasteiger partial charge in [0.25, 0.3) is 0 Å². The second-order valence-corrected chi connectivity index (χ2v) is 8.19. The van der Waals surface area contributed by atoms with E-state index in [1.807, 2.05) is 20.8 Å². The van der Waals surface area contributed by atoms with E-state index in [1.54, 1.807) is 11.3 Å². The molecule has 1 atom stereocenters. The molecule has 0 saturated heterocycles. The molecule has 0 aliphatic heterocycles. The van der Waals surface area contributed by atoms with Crippen molar-refractivity contribution < 1.29 is 4.21 Å². The van der Waals surface area contributed by atoms with Crippen LogP contribution in [0.15, 0.2) is 11.4 Å². The van der Waals surface area contributed by atoms with Gasteiger partial charge in [0, 0.05) is 39.3 Å². The lowest BCUT2D eigenvalue weighted by Crippen LogP contribution is -2.29. The number of thiophene rings is 1. The van der Waals surface area contributed by atoms with Gasteiger partial charge in [0.1, 0.15) is 0 Å². The van der Waals surface area contributed by atoms with Crippen LogP contribution in [0.2, 0.25) is 0 Å². The quantitative estimate of drug-likeness (QED) is 0.824. The van der Waals surface area contributed by atoms with E-state index in [-0.39, 0.29) is 4.75 Å². The van der Waals surface area contributed by atoms with Crippen molar-refractivity contribution in [3.63, 3.8) is 0 Å². The Hall–Kier alpha value is -0.190. The lowest BCUT2D eigenvalue weighted by Gasteiger charge is -2.17. The zero-order chi connectivity index (χ0) is 12.2. The number of hydrogen-bond acceptors (Lipinski definition) is 3. The molecule has 0 bridgehead atoms. The van der Waals surface area contributed by atoms with Crippen LogP contribution < -0.4 is 5.32 Å². The fourth-order valence-electron chi connectivity index (χ4n) is 1.26. The van der Waals surface area contributed by atoms with E-state index >= 15 is 0 Å². The molecule has 2 nitrogen and oxygen atoms in total. The topological polar surface area (TPSA) is 29.1 Å². The standard InChI is InChI=1S/C12H21NOS2/c1-10-5-7-15-11(10)9-13-6-8-16(14)12(2,3)4/h5,7,13H,6,8-9H2,1-4H3. The van der Waals surface area contributed by atoms with Gasteiger partial charge in [0.15, 0.2) is 0 Å². The summed E-state index contributed by atoms with van der Waals surface area (Å²) >= 11 is 1.78. The molecule has 0 radical (unpaired) electrons. The van der Waals surface area contributed by atoms with Gasteiger partial charge in [0.05, 0.1) is 0 Å². The SMILES string of the molecule is Cc1ccsc1CNCCS(=O)C(C)(C)C. The molecule has 0 aliphatic rings. The molecule has 1 unspecified atom stereocenters. The highest BCUT2D eigenvalue weighted by Gasteiger charge is 2.18. The van der Waals surface area contributed by atoms with E-state index < -0.39 is 10.8 Å². The van der Waals surface area contributed by atoms with Gasteiger partial charge >= 0.3 is 0 Å². The maximum Gasteiger partial charge on any atom is 0.0375 e. The monoisotopic (exact) mass is 259 g/mol. The number of nitrogens with one attached hydrogen (secondary N) is 1. The molecule has 1 rings (SSSR count). The van der Waals surface area contributed by atoms with Crippen molar-refractivity contribution in [3.8, 4) is 0 Å². The van der Waals surface area contributed by atoms with Gasteiger partial charge in [-0.1, -0.05) is 0 Å². The Morgan fingerprint density at radius 2 is 2.12 bits per heavy atom. The molecule has 4 heteroatoms. The third kappa shape index (κ3) is 4.36. The highest BCUT2D eigenvalue weighted by Crippen LogP contribution is 2.15. The number of rotatable bonds is 5. The van der Waals surface area contributed by atoms with Crippen molar-refractivity contribution in [1.29, 1.82) is 0 Å². The smallest absolute Gasteiger partial charge is 0.0375 e. The van der Waals surface area contributed by atoms with Crippen molar-refractivity contribution >= 4 is 22.1 Å². The third-order valence-electron chi connectivity index (χ3n) is 2.40. The maximum atomic E-state index is 11.8. The molecule has 0 spiro atoms. The fraction of sp³-hybridized carbons (Fsp3) is 0.667. The van der Waals surface area contributed by atoms with Gasteiger partial charge in [-0.05, 0) is 44.7 Å². The Labute approximate surface area is 105 Å². The Morgan fingerprint density at radius 1 is 1.44 bits per heavy atom. The van der Waals surface area contributed by atoms with Crippen LogP contribution in [-0.2, 0) is 17.3 Å². The number of hydrogen-bond donors (Lipinski definition) is 1. The first-order chi connectivity index (χ1) is 7.41. The number of aryl methyl sites for hydroxylation is 1. The van der Waals surface area contributed by atoms with Gasteiger partial charge < -0.3 is 5.32 Å². The summed E-state index contributed by atoms with van der Waals surface area (Å²) in [7, 11) is -0.750. The van der Waals surface area contributed by atoms with Gasteiger partial charge in [-0.2, -0.15) is 0 Å². The van der Waals surface area contributed by atoms with Gasteiger partial charge in [-0.25, -0.2) is 0 Å². The van der Waals surface area contributed by atoms with Crippen molar-refractivity contribution in [1.82, 2.24) is 5.32 Å². The molecule has 0 aliphatic carbocycles. The molecular weight excluding hydrogens is 238 g/mol. The minimum Gasteiger partial charge on any atom is -0.311 e. The van der Waals surface area contributed by atoms with E-state index in [0.29, 0.717) is 0 Å². The van der Waals surface area contributed by atoms with Crippen LogP contribution >= 0.6 is 11.3 Å². The van der Waals surface area contributed by atoms with Crippen LogP contribution in [0.1, 0.15) is 31.2 Å². The average Bonchev–Trinajstić information content (AvgIpc) is 2.57. The Morgan fingerprint density at radius 3 is 2.62 bits per heavy atom. The van der Waals surface area contributed by atoms with Gasteiger partial charge in [0.2, 0.25) is 0 Å². The van der Waals surface area contributed by atoms with Crippen molar-refractivity contribution in [2.75, 3.05) is 12.3 Å². The molecule has 0 saturated carbocycles. The van der Waals surface area contributed by atoms with Crippen LogP contribution in [0.5, 0.6) is 0 Å². The summed E-state index contributed by atoms with van der Waals surface area (Å²) in [5.74, 6) is 0.730. The molecule has 0 amide bonds. The molecule has 1 aromatic heterocycles. The summed E-state index contributed by atoms with van der Waals surface area (Å²) in [5, 5.41) is 5.46. The van der Waals surface area contributed by atoms with Crippen molar-refractivity contribution in [3.05, 3.63) is 21.9 Å². The molecule has 92 valence electrons. The summed E-state index contributed by atoms with van der Waals surface area (Å²) < 4.78 is 11.7. The normalized spacial score (nSPS) is 14.0. The Balaban J connectivity index is 2.23. The Bertz CT molecular complexity index is 352. The lowest BCUT2D eigenvalue weighted by molar-refractivity contribution is 0.641. The van der Waals surface area contributed by atoms with E-state index in [1.165, 1.54) is 10.4 Å². The van der Waals surface area contributed by atoms with Crippen molar-refractivity contribution in [2.45, 2.75) is 39.0 Å². The zero-order valence-electron chi connectivity index (χ0n) is 10.5. The molecule has 0 fully saturated rings. The van der Waals surface area contributed by atoms with Crippen LogP contribution in [0, 0.1) is 6.92 Å². The van der Waals surface area contributed by atoms with Crippen molar-refractivity contribution in [2.24, 2.45) is 0 Å². The first-order valence-electron chi connectivity index (χ1n) is 5.53. The Kier molecular flexibility index (Phi) is 5.15. The minimum atomic E-state index is -0.750. The average molecular weight is 259 g/mol. The molecule has 1 aromatic rings. The summed E-state index contributed by atoms with van der Waals surface area (Å²) in [5.41, 5.74) is 1.34. The zero-order valence-corrected chi connectivity index (χ0v) is 12.1. The van der Waals surface area contributed by atoms with Crippen LogP contribution in [0.3, 0.4) is 0 Å². The summed E-state index contributed by atoms with van der Waals surface area (Å²) in [6, 6.07) is 2.13. The minimum absolute atomic E-state index is 0.0967. The van der Waals surface area contributed by atoms with Gasteiger partial charge in [-0.3, -0.25) is 4.21 Å². The van der Waals surface area contributed by atoms with Crippen LogP contribution in [0.4, 0.5) is 0 Å². The fourth-order valence-corrected chi connectivity index (χ4v) is 3.08. The van der Waals surface area contributed by atoms with E-state index in [4.69, 9.17) is 0 Å². The summed E-state index contributed by atoms with van der Waals surface area (Å²) in [4.78, 5) is 1.38. The van der Waals surface area contributed by atoms with E-state index in [9.17, 15) is 4.21 Å². The second kappa shape index (κ2) is 5.94. The first kappa shape index (κ1) is 13.9. The molecule has 1 N–H and O–H groups in total. The molecule has 1 heterocycles. The van der Waals surface area contributed by atoms with E-state index in [2.05, 4.69) is 23.7 Å². The largest absolute Gasteiger partial charge is 0.311 e. The second-order valence-electron chi connectivity index (χ2n) is 4.87. The molecular formula is C12H21NOS2. The predicted molar refractivity (Wildman–Crippen MR) is 73.5 cm³/mol. The highest BCUT2D eigenvalue weighted by atomic mass is 32.2. The first-order valence-corrected chi connectivity index (χ1v) is 7.73. The van der Waals surface area contributed by atoms with Gasteiger partial charge in [-0.15, -0.1) is 11.3 Å². The maximum absolute atomic E-state index is 11.8. The van der Waals surface area contributed by atoms with Crippen LogP contribution in [-0.4, -0.2) is 21.3 Å². The van der Waals surface area contributed by atoms with Crippen LogP contribution in [0.25, 0.3) is 0 Å². The highest BCUT2D eigenvalue weighted by molar-refractivity contribution is 7.86. The lowest BCUT2D eigenvalue weighted by atomic mass is 10.3. The molecule has 16 heavy (non-hydrogen) atoms. The summed E-state index contributed by atoms with van der Waals surface area (Å²) in [6.07, 6.45) is 0. The third-order valence-corrected chi connectivity index (χ3v) is 5.36.